The van der Waals surface area contributed by atoms with Gasteiger partial charge in [0.1, 0.15) is 5.76 Å². The molecule has 0 radical (unpaired) electrons. The zero-order valence-corrected chi connectivity index (χ0v) is 9.00. The van der Waals surface area contributed by atoms with Crippen LogP contribution in [-0.2, 0) is 14.3 Å². The molecule has 1 amide bonds. The number of Topliss-reactive ketones (excluding diaryl/α,β-unsaturated/α-hetero) is 1. The van der Waals surface area contributed by atoms with Crippen LogP contribution in [0.5, 0.6) is 0 Å². The second-order valence-corrected chi connectivity index (χ2v) is 5.06. The van der Waals surface area contributed by atoms with Crippen molar-refractivity contribution in [3.63, 3.8) is 0 Å². The van der Waals surface area contributed by atoms with Gasteiger partial charge in [-0.3, -0.25) is 9.59 Å². The molecule has 1 aliphatic carbocycles. The van der Waals surface area contributed by atoms with Crippen molar-refractivity contribution in [3.8, 4) is 0 Å². The van der Waals surface area contributed by atoms with E-state index in [0.717, 1.165) is 6.42 Å². The lowest BCUT2D eigenvalue weighted by molar-refractivity contribution is -0.126. The summed E-state index contributed by atoms with van der Waals surface area (Å²) in [6.07, 6.45) is 0.978. The number of rotatable bonds is 1. The molecule has 0 spiro atoms. The third-order valence-electron chi connectivity index (χ3n) is 2.94. The number of allylic oxidation sites excluding steroid dienone is 1. The van der Waals surface area contributed by atoms with Crippen LogP contribution in [0.2, 0.25) is 0 Å². The van der Waals surface area contributed by atoms with Gasteiger partial charge in [0.2, 0.25) is 0 Å². The van der Waals surface area contributed by atoms with Crippen LogP contribution in [0, 0.1) is 5.41 Å². The van der Waals surface area contributed by atoms with Gasteiger partial charge < -0.3 is 10.5 Å². The highest BCUT2D eigenvalue weighted by Crippen LogP contribution is 2.42. The Bertz CT molecular complexity index is 368. The molecule has 2 aliphatic rings. The summed E-state index contributed by atoms with van der Waals surface area (Å²) in [5.74, 6) is 0.292. The van der Waals surface area contributed by atoms with Crippen LogP contribution in [0.15, 0.2) is 11.3 Å². The predicted molar refractivity (Wildman–Crippen MR) is 53.7 cm³/mol. The quantitative estimate of drug-likeness (QED) is 0.697. The second-order valence-electron chi connectivity index (χ2n) is 5.06. The Morgan fingerprint density at radius 2 is 2.13 bits per heavy atom. The van der Waals surface area contributed by atoms with Crippen molar-refractivity contribution >= 4 is 11.7 Å². The summed E-state index contributed by atoms with van der Waals surface area (Å²) in [4.78, 5) is 22.7. The highest BCUT2D eigenvalue weighted by molar-refractivity contribution is 5.99. The molecule has 0 fully saturated rings. The van der Waals surface area contributed by atoms with E-state index in [4.69, 9.17) is 10.5 Å². The summed E-state index contributed by atoms with van der Waals surface area (Å²) in [6, 6.07) is 0. The van der Waals surface area contributed by atoms with E-state index in [-0.39, 0.29) is 11.2 Å². The number of hydrogen-bond donors (Lipinski definition) is 1. The maximum atomic E-state index is 11.8. The molecule has 82 valence electrons. The Hall–Kier alpha value is -1.32. The van der Waals surface area contributed by atoms with Gasteiger partial charge in [0.15, 0.2) is 11.9 Å². The van der Waals surface area contributed by atoms with Crippen molar-refractivity contribution in [1.29, 1.82) is 0 Å². The van der Waals surface area contributed by atoms with Crippen molar-refractivity contribution in [2.75, 3.05) is 0 Å². The molecule has 0 aromatic carbocycles. The summed E-state index contributed by atoms with van der Waals surface area (Å²) in [5, 5.41) is 0. The van der Waals surface area contributed by atoms with E-state index in [1.807, 2.05) is 13.8 Å². The molecule has 15 heavy (non-hydrogen) atoms. The van der Waals surface area contributed by atoms with E-state index < -0.39 is 12.0 Å². The third kappa shape index (κ3) is 1.76. The van der Waals surface area contributed by atoms with Gasteiger partial charge in [0, 0.05) is 24.8 Å². The summed E-state index contributed by atoms with van der Waals surface area (Å²) in [7, 11) is 0. The van der Waals surface area contributed by atoms with Gasteiger partial charge in [0.05, 0.1) is 0 Å². The molecular weight excluding hydrogens is 194 g/mol. The highest BCUT2D eigenvalue weighted by atomic mass is 16.5. The van der Waals surface area contributed by atoms with Gasteiger partial charge in [-0.05, 0) is 5.41 Å². The van der Waals surface area contributed by atoms with Crippen molar-refractivity contribution < 1.29 is 14.3 Å². The van der Waals surface area contributed by atoms with E-state index in [0.29, 0.717) is 24.2 Å². The lowest BCUT2D eigenvalue weighted by Crippen LogP contribution is -2.28. The number of ether oxygens (including phenoxy) is 1. The number of hydrogen-bond acceptors (Lipinski definition) is 3. The zero-order valence-electron chi connectivity index (χ0n) is 9.00. The molecule has 2 N–H and O–H groups in total. The fourth-order valence-electron chi connectivity index (χ4n) is 2.20. The van der Waals surface area contributed by atoms with Crippen molar-refractivity contribution in [1.82, 2.24) is 0 Å². The molecule has 0 saturated heterocycles. The van der Waals surface area contributed by atoms with Crippen LogP contribution in [0.25, 0.3) is 0 Å². The van der Waals surface area contributed by atoms with Gasteiger partial charge in [0.25, 0.3) is 5.91 Å². The average Bonchev–Trinajstić information content (AvgIpc) is 2.45. The van der Waals surface area contributed by atoms with Crippen molar-refractivity contribution in [2.24, 2.45) is 11.1 Å². The first-order valence-electron chi connectivity index (χ1n) is 5.10. The van der Waals surface area contributed by atoms with Gasteiger partial charge in [-0.2, -0.15) is 0 Å². The summed E-state index contributed by atoms with van der Waals surface area (Å²) in [6.45, 7) is 4.05. The third-order valence-corrected chi connectivity index (χ3v) is 2.94. The molecule has 0 bridgehead atoms. The van der Waals surface area contributed by atoms with Crippen molar-refractivity contribution in [2.45, 2.75) is 39.2 Å². The van der Waals surface area contributed by atoms with Crippen LogP contribution in [0.3, 0.4) is 0 Å². The highest BCUT2D eigenvalue weighted by Gasteiger charge is 2.40. The Morgan fingerprint density at radius 3 is 2.73 bits per heavy atom. The van der Waals surface area contributed by atoms with Crippen LogP contribution >= 0.6 is 0 Å². The SMILES string of the molecule is CC1(C)CC(=O)C2=C(C1)O[C@H](C(N)=O)C2. The van der Waals surface area contributed by atoms with E-state index >= 15 is 0 Å². The molecule has 0 aromatic heterocycles. The molecule has 4 heteroatoms. The minimum absolute atomic E-state index is 0.0670. The molecule has 4 nitrogen and oxygen atoms in total. The van der Waals surface area contributed by atoms with Crippen LogP contribution < -0.4 is 5.73 Å². The van der Waals surface area contributed by atoms with Gasteiger partial charge >= 0.3 is 0 Å². The van der Waals surface area contributed by atoms with Gasteiger partial charge in [-0.15, -0.1) is 0 Å². The van der Waals surface area contributed by atoms with Gasteiger partial charge in [-0.1, -0.05) is 13.8 Å². The molecular formula is C11H15NO3. The van der Waals surface area contributed by atoms with Gasteiger partial charge in [-0.25, -0.2) is 0 Å². The lowest BCUT2D eigenvalue weighted by atomic mass is 9.76. The molecule has 0 aromatic rings. The molecule has 0 saturated carbocycles. The largest absolute Gasteiger partial charge is 0.484 e. The number of ketones is 1. The lowest BCUT2D eigenvalue weighted by Gasteiger charge is -2.28. The molecule has 1 aliphatic heterocycles. The summed E-state index contributed by atoms with van der Waals surface area (Å²) in [5.41, 5.74) is 5.77. The molecule has 1 heterocycles. The fraction of sp³-hybridized carbons (Fsp3) is 0.636. The standard InChI is InChI=1S/C11H15NO3/c1-11(2)4-7(13)6-3-8(10(12)14)15-9(6)5-11/h8H,3-5H2,1-2H3,(H2,12,14)/t8-/m0/s1. The zero-order chi connectivity index (χ0) is 11.2. The van der Waals surface area contributed by atoms with E-state index in [9.17, 15) is 9.59 Å². The van der Waals surface area contributed by atoms with E-state index in [1.54, 1.807) is 0 Å². The number of nitrogens with two attached hydrogens (primary N) is 1. The fourth-order valence-corrected chi connectivity index (χ4v) is 2.20. The Kier molecular flexibility index (Phi) is 2.10. The summed E-state index contributed by atoms with van der Waals surface area (Å²) >= 11 is 0. The second kappa shape index (κ2) is 3.08. The Balaban J connectivity index is 2.23. The number of primary amides is 1. The monoisotopic (exact) mass is 209 g/mol. The number of carbonyl (C=O) groups is 2. The number of carbonyl (C=O) groups excluding carboxylic acids is 2. The topological polar surface area (TPSA) is 69.4 Å². The van der Waals surface area contributed by atoms with E-state index in [2.05, 4.69) is 0 Å². The summed E-state index contributed by atoms with van der Waals surface area (Å²) < 4.78 is 5.42. The van der Waals surface area contributed by atoms with E-state index in [1.165, 1.54) is 0 Å². The van der Waals surface area contributed by atoms with Crippen LogP contribution in [0.4, 0.5) is 0 Å². The molecule has 2 rings (SSSR count). The Labute approximate surface area is 88.5 Å². The first-order valence-corrected chi connectivity index (χ1v) is 5.10. The normalized spacial score (nSPS) is 28.7. The first-order chi connectivity index (χ1) is 6.89. The average molecular weight is 209 g/mol. The van der Waals surface area contributed by atoms with Crippen molar-refractivity contribution in [3.05, 3.63) is 11.3 Å². The van der Waals surface area contributed by atoms with Crippen LogP contribution in [-0.4, -0.2) is 17.8 Å². The smallest absolute Gasteiger partial charge is 0.258 e. The molecule has 1 atom stereocenters. The number of amides is 1. The maximum Gasteiger partial charge on any atom is 0.258 e. The minimum Gasteiger partial charge on any atom is -0.484 e. The Morgan fingerprint density at radius 1 is 1.47 bits per heavy atom. The van der Waals surface area contributed by atoms with Crippen LogP contribution in [0.1, 0.15) is 33.1 Å². The first kappa shape index (κ1) is 10.2. The molecule has 0 unspecified atom stereocenters. The predicted octanol–water partition coefficient (Wildman–Crippen LogP) is 0.904. The minimum atomic E-state index is -0.632. The maximum absolute atomic E-state index is 11.8.